The smallest absolute Gasteiger partial charge is 0.493 e. The zero-order chi connectivity index (χ0) is 21.2. The third-order valence-electron chi connectivity index (χ3n) is 4.48. The summed E-state index contributed by atoms with van der Waals surface area (Å²) in [5.74, 6) is 0.834. The molecule has 0 radical (unpaired) electrons. The van der Waals surface area contributed by atoms with Gasteiger partial charge in [0.15, 0.2) is 29.5 Å². The van der Waals surface area contributed by atoms with Crippen molar-refractivity contribution in [2.24, 2.45) is 0 Å². The van der Waals surface area contributed by atoms with Gasteiger partial charge >= 0.3 is 6.29 Å². The molecule has 1 amide bonds. The molecule has 0 saturated heterocycles. The first kappa shape index (κ1) is 20.7. The Kier molecular flexibility index (Phi) is 5.78. The molecular weight excluding hydrogens is 386 g/mol. The van der Waals surface area contributed by atoms with Gasteiger partial charge in [-0.3, -0.25) is 4.79 Å². The molecule has 156 valence electrons. The predicted molar refractivity (Wildman–Crippen MR) is 101 cm³/mol. The van der Waals surface area contributed by atoms with E-state index in [1.54, 1.807) is 14.2 Å². The molecule has 29 heavy (non-hydrogen) atoms. The van der Waals surface area contributed by atoms with Gasteiger partial charge in [-0.05, 0) is 36.8 Å². The first-order valence-corrected chi connectivity index (χ1v) is 8.93. The summed E-state index contributed by atoms with van der Waals surface area (Å²) in [5, 5.41) is 2.69. The summed E-state index contributed by atoms with van der Waals surface area (Å²) in [5.41, 5.74) is 2.41. The van der Waals surface area contributed by atoms with E-state index >= 15 is 0 Å². The molecule has 2 N–H and O–H groups in total. The Labute approximate surface area is 167 Å². The molecule has 2 aromatic rings. The fourth-order valence-electron chi connectivity index (χ4n) is 3.11. The number of carbonyl (C=O) groups excluding carboxylic acids is 1. The Morgan fingerprint density at radius 3 is 2.45 bits per heavy atom. The number of halogens is 2. The lowest BCUT2D eigenvalue weighted by molar-refractivity contribution is -0.885. The highest BCUT2D eigenvalue weighted by molar-refractivity contribution is 5.91. The van der Waals surface area contributed by atoms with Crippen LogP contribution in [0.5, 0.6) is 23.0 Å². The van der Waals surface area contributed by atoms with E-state index in [2.05, 4.69) is 14.8 Å². The Morgan fingerprint density at radius 1 is 1.10 bits per heavy atom. The summed E-state index contributed by atoms with van der Waals surface area (Å²) < 4.78 is 45.5. The maximum absolute atomic E-state index is 13.1. The molecule has 1 atom stereocenters. The van der Waals surface area contributed by atoms with Crippen molar-refractivity contribution < 1.29 is 37.4 Å². The first-order valence-electron chi connectivity index (χ1n) is 8.93. The minimum atomic E-state index is -3.69. The maximum atomic E-state index is 13.1. The summed E-state index contributed by atoms with van der Waals surface area (Å²) in [6.07, 6.45) is -3.69. The van der Waals surface area contributed by atoms with Crippen LogP contribution in [0, 0.1) is 6.92 Å². The van der Waals surface area contributed by atoms with Gasteiger partial charge in [-0.15, -0.1) is 8.78 Å². The van der Waals surface area contributed by atoms with Crippen molar-refractivity contribution >= 4 is 11.6 Å². The monoisotopic (exact) mass is 409 g/mol. The zero-order valence-corrected chi connectivity index (χ0v) is 16.6. The molecule has 1 aliphatic rings. The van der Waals surface area contributed by atoms with E-state index in [1.165, 1.54) is 18.2 Å². The SMILES string of the molecule is COc1cc(C)c(C[NH+](C)CC(=O)Nc2ccc3c(c2)OC(F)(F)O3)cc1OC. The third-order valence-corrected chi connectivity index (χ3v) is 4.48. The number of nitrogens with one attached hydrogen (secondary N) is 2. The predicted octanol–water partition coefficient (Wildman–Crippen LogP) is 1.99. The fraction of sp³-hybridized carbons (Fsp3) is 0.350. The summed E-state index contributed by atoms with van der Waals surface area (Å²) in [7, 11) is 5.04. The number of quaternary nitrogens is 1. The molecule has 1 aliphatic heterocycles. The number of hydrogen-bond donors (Lipinski definition) is 2. The average Bonchev–Trinajstić information content (AvgIpc) is 2.95. The van der Waals surface area contributed by atoms with E-state index in [0.717, 1.165) is 16.0 Å². The van der Waals surface area contributed by atoms with Crippen LogP contribution in [0.1, 0.15) is 11.1 Å². The van der Waals surface area contributed by atoms with Gasteiger partial charge in [0.1, 0.15) is 6.54 Å². The molecule has 0 saturated carbocycles. The Balaban J connectivity index is 1.61. The number of ether oxygens (including phenoxy) is 4. The van der Waals surface area contributed by atoms with Crippen LogP contribution in [-0.4, -0.2) is 40.0 Å². The Bertz CT molecular complexity index is 920. The quantitative estimate of drug-likeness (QED) is 0.732. The van der Waals surface area contributed by atoms with Crippen LogP contribution in [0.3, 0.4) is 0 Å². The number of aryl methyl sites for hydroxylation is 1. The second-order valence-corrected chi connectivity index (χ2v) is 6.82. The summed E-state index contributed by atoms with van der Waals surface area (Å²) in [6, 6.07) is 7.91. The molecule has 2 aromatic carbocycles. The van der Waals surface area contributed by atoms with Gasteiger partial charge in [0.25, 0.3) is 5.91 Å². The Hall–Kier alpha value is -3.07. The third kappa shape index (κ3) is 4.86. The number of fused-ring (bicyclic) bond motifs is 1. The highest BCUT2D eigenvalue weighted by Crippen LogP contribution is 2.42. The van der Waals surface area contributed by atoms with Crippen LogP contribution in [-0.2, 0) is 11.3 Å². The molecule has 0 aromatic heterocycles. The molecular formula is C20H23F2N2O5+. The van der Waals surface area contributed by atoms with Crippen molar-refractivity contribution in [3.05, 3.63) is 41.5 Å². The van der Waals surface area contributed by atoms with Gasteiger partial charge < -0.3 is 29.2 Å². The van der Waals surface area contributed by atoms with Gasteiger partial charge in [-0.25, -0.2) is 0 Å². The molecule has 7 nitrogen and oxygen atoms in total. The lowest BCUT2D eigenvalue weighted by Gasteiger charge is -2.17. The van der Waals surface area contributed by atoms with Crippen molar-refractivity contribution in [1.82, 2.24) is 0 Å². The lowest BCUT2D eigenvalue weighted by Crippen LogP contribution is -3.08. The number of methoxy groups -OCH3 is 2. The van der Waals surface area contributed by atoms with Crippen molar-refractivity contribution in [3.8, 4) is 23.0 Å². The standard InChI is InChI=1S/C20H22F2N2O5/c1-12-7-16(26-3)17(27-4)8-13(12)10-24(2)11-19(25)23-14-5-6-15-18(9-14)29-20(21,22)28-15/h5-9H,10-11H2,1-4H3,(H,23,25)/p+1. The van der Waals surface area contributed by atoms with Crippen LogP contribution in [0.25, 0.3) is 0 Å². The molecule has 0 aliphatic carbocycles. The molecule has 9 heteroatoms. The molecule has 0 spiro atoms. The summed E-state index contributed by atoms with van der Waals surface area (Å²) >= 11 is 0. The van der Waals surface area contributed by atoms with Crippen molar-refractivity contribution in [2.45, 2.75) is 19.8 Å². The topological polar surface area (TPSA) is 70.5 Å². The second kappa shape index (κ2) is 8.12. The average molecular weight is 409 g/mol. The number of hydrogen-bond acceptors (Lipinski definition) is 5. The van der Waals surface area contributed by atoms with Crippen LogP contribution < -0.4 is 29.2 Å². The zero-order valence-electron chi connectivity index (χ0n) is 16.6. The fourth-order valence-corrected chi connectivity index (χ4v) is 3.11. The van der Waals surface area contributed by atoms with Gasteiger partial charge in [0, 0.05) is 17.3 Å². The van der Waals surface area contributed by atoms with Gasteiger partial charge in [0.05, 0.1) is 21.3 Å². The van der Waals surface area contributed by atoms with Gasteiger partial charge in [-0.1, -0.05) is 0 Å². The number of amides is 1. The van der Waals surface area contributed by atoms with Crippen LogP contribution in [0.4, 0.5) is 14.5 Å². The summed E-state index contributed by atoms with van der Waals surface area (Å²) in [4.78, 5) is 13.3. The van der Waals surface area contributed by atoms with Crippen LogP contribution in [0.2, 0.25) is 0 Å². The number of rotatable bonds is 7. The molecule has 0 fully saturated rings. The number of carbonyl (C=O) groups is 1. The van der Waals surface area contributed by atoms with E-state index in [-0.39, 0.29) is 24.0 Å². The van der Waals surface area contributed by atoms with E-state index in [9.17, 15) is 13.6 Å². The van der Waals surface area contributed by atoms with Crippen molar-refractivity contribution in [2.75, 3.05) is 33.1 Å². The second-order valence-electron chi connectivity index (χ2n) is 6.82. The molecule has 1 unspecified atom stereocenters. The minimum Gasteiger partial charge on any atom is -0.493 e. The molecule has 3 rings (SSSR count). The van der Waals surface area contributed by atoms with Crippen LogP contribution >= 0.6 is 0 Å². The van der Waals surface area contributed by atoms with Crippen molar-refractivity contribution in [1.29, 1.82) is 0 Å². The number of benzene rings is 2. The van der Waals surface area contributed by atoms with E-state index in [1.807, 2.05) is 26.1 Å². The highest BCUT2D eigenvalue weighted by atomic mass is 19.3. The maximum Gasteiger partial charge on any atom is 0.586 e. The van der Waals surface area contributed by atoms with Gasteiger partial charge in [0.2, 0.25) is 0 Å². The normalized spacial score (nSPS) is 15.0. The largest absolute Gasteiger partial charge is 0.586 e. The van der Waals surface area contributed by atoms with E-state index in [4.69, 9.17) is 9.47 Å². The summed E-state index contributed by atoms with van der Waals surface area (Å²) in [6.45, 7) is 2.73. The lowest BCUT2D eigenvalue weighted by atomic mass is 10.1. The number of anilines is 1. The molecule has 0 bridgehead atoms. The number of likely N-dealkylation sites (N-methyl/N-ethyl adjacent to an activating group) is 1. The van der Waals surface area contributed by atoms with E-state index < -0.39 is 6.29 Å². The highest BCUT2D eigenvalue weighted by Gasteiger charge is 2.43. The number of alkyl halides is 2. The van der Waals surface area contributed by atoms with E-state index in [0.29, 0.717) is 23.7 Å². The minimum absolute atomic E-state index is 0.0697. The first-order chi connectivity index (χ1) is 13.7. The van der Waals surface area contributed by atoms with Gasteiger partial charge in [-0.2, -0.15) is 0 Å². The van der Waals surface area contributed by atoms with Crippen molar-refractivity contribution in [3.63, 3.8) is 0 Å². The Morgan fingerprint density at radius 2 is 1.76 bits per heavy atom. The molecule has 1 heterocycles. The van der Waals surface area contributed by atoms with Crippen LogP contribution in [0.15, 0.2) is 30.3 Å².